The Balaban J connectivity index is 0.00000108. The molecule has 0 radical (unpaired) electrons. The summed E-state index contributed by atoms with van der Waals surface area (Å²) < 4.78 is 5.68. The Kier molecular flexibility index (Phi) is 4.08. The summed E-state index contributed by atoms with van der Waals surface area (Å²) in [6.45, 7) is 6.14. The highest BCUT2D eigenvalue weighted by atomic mass is 35.5. The van der Waals surface area contributed by atoms with Gasteiger partial charge in [-0.25, -0.2) is 0 Å². The van der Waals surface area contributed by atoms with Crippen molar-refractivity contribution in [3.63, 3.8) is 0 Å². The molecule has 0 amide bonds. The zero-order valence-electron chi connectivity index (χ0n) is 10.3. The lowest BCUT2D eigenvalue weighted by Gasteiger charge is -2.27. The number of benzene rings is 1. The van der Waals surface area contributed by atoms with Crippen molar-refractivity contribution in [2.75, 3.05) is 19.7 Å². The highest BCUT2D eigenvalue weighted by Gasteiger charge is 2.26. The molecule has 2 aliphatic rings. The summed E-state index contributed by atoms with van der Waals surface area (Å²) >= 11 is 0. The highest BCUT2D eigenvalue weighted by molar-refractivity contribution is 5.85. The van der Waals surface area contributed by atoms with Crippen molar-refractivity contribution in [2.45, 2.75) is 32.3 Å². The maximum absolute atomic E-state index is 5.68. The standard InChI is InChI=1S/C14H19NO.ClH/c1-2-10-3-4-11-8-16-9-12-7-15-6-5-13(10)14(11)12;/h3-4,12,15H,2,5-9H2,1H3;1H. The predicted molar refractivity (Wildman–Crippen MR) is 72.0 cm³/mol. The van der Waals surface area contributed by atoms with Crippen molar-refractivity contribution in [3.8, 4) is 0 Å². The second-order valence-electron chi connectivity index (χ2n) is 4.80. The first-order valence-electron chi connectivity index (χ1n) is 6.32. The van der Waals surface area contributed by atoms with Crippen LogP contribution in [0.15, 0.2) is 12.1 Å². The Morgan fingerprint density at radius 3 is 3.12 bits per heavy atom. The molecule has 1 aromatic carbocycles. The van der Waals surface area contributed by atoms with Crippen LogP contribution in [0.3, 0.4) is 0 Å². The molecular weight excluding hydrogens is 234 g/mol. The van der Waals surface area contributed by atoms with E-state index in [1.54, 1.807) is 11.1 Å². The van der Waals surface area contributed by atoms with Gasteiger partial charge >= 0.3 is 0 Å². The van der Waals surface area contributed by atoms with Gasteiger partial charge in [0.25, 0.3) is 0 Å². The third kappa shape index (κ3) is 2.22. The number of hydrogen-bond acceptors (Lipinski definition) is 2. The molecule has 0 fully saturated rings. The number of aryl methyl sites for hydroxylation is 1. The van der Waals surface area contributed by atoms with Crippen LogP contribution in [0.5, 0.6) is 0 Å². The zero-order valence-corrected chi connectivity index (χ0v) is 11.1. The zero-order chi connectivity index (χ0) is 11.0. The molecule has 2 aliphatic heterocycles. The fourth-order valence-electron chi connectivity index (χ4n) is 3.06. The average Bonchev–Trinajstić information content (AvgIpc) is 2.55. The Labute approximate surface area is 109 Å². The van der Waals surface area contributed by atoms with Crippen LogP contribution in [-0.2, 0) is 24.2 Å². The van der Waals surface area contributed by atoms with Crippen molar-refractivity contribution < 1.29 is 4.74 Å². The molecule has 3 heteroatoms. The molecule has 17 heavy (non-hydrogen) atoms. The molecule has 2 heterocycles. The number of rotatable bonds is 1. The lowest BCUT2D eigenvalue weighted by molar-refractivity contribution is 0.0912. The number of ether oxygens (including phenoxy) is 1. The van der Waals surface area contributed by atoms with Gasteiger partial charge in [0, 0.05) is 12.5 Å². The topological polar surface area (TPSA) is 21.3 Å². The summed E-state index contributed by atoms with van der Waals surface area (Å²) in [6.07, 6.45) is 2.33. The monoisotopic (exact) mass is 253 g/mol. The van der Waals surface area contributed by atoms with Crippen LogP contribution in [0.4, 0.5) is 0 Å². The second kappa shape index (κ2) is 5.38. The van der Waals surface area contributed by atoms with Crippen molar-refractivity contribution in [2.24, 2.45) is 0 Å². The summed E-state index contributed by atoms with van der Waals surface area (Å²) in [4.78, 5) is 0. The van der Waals surface area contributed by atoms with E-state index >= 15 is 0 Å². The highest BCUT2D eigenvalue weighted by Crippen LogP contribution is 2.33. The Bertz CT molecular complexity index is 405. The van der Waals surface area contributed by atoms with Gasteiger partial charge in [0.15, 0.2) is 0 Å². The van der Waals surface area contributed by atoms with Crippen LogP contribution in [0, 0.1) is 0 Å². The molecule has 94 valence electrons. The van der Waals surface area contributed by atoms with Gasteiger partial charge in [-0.3, -0.25) is 0 Å². The van der Waals surface area contributed by atoms with Crippen molar-refractivity contribution >= 4 is 12.4 Å². The maximum atomic E-state index is 5.68. The number of hydrogen-bond donors (Lipinski definition) is 1. The first kappa shape index (κ1) is 12.9. The minimum absolute atomic E-state index is 0. The van der Waals surface area contributed by atoms with Crippen LogP contribution in [-0.4, -0.2) is 19.7 Å². The maximum Gasteiger partial charge on any atom is 0.0720 e. The summed E-state index contributed by atoms with van der Waals surface area (Å²) in [5.74, 6) is 0.577. The largest absolute Gasteiger partial charge is 0.376 e. The van der Waals surface area contributed by atoms with E-state index in [0.29, 0.717) is 5.92 Å². The van der Waals surface area contributed by atoms with E-state index in [4.69, 9.17) is 4.74 Å². The lowest BCUT2D eigenvalue weighted by atomic mass is 9.85. The molecule has 3 rings (SSSR count). The van der Waals surface area contributed by atoms with Crippen LogP contribution >= 0.6 is 12.4 Å². The molecule has 0 aromatic heterocycles. The van der Waals surface area contributed by atoms with E-state index in [1.165, 1.54) is 17.5 Å². The van der Waals surface area contributed by atoms with Crippen molar-refractivity contribution in [3.05, 3.63) is 34.4 Å². The number of nitrogens with one attached hydrogen (secondary N) is 1. The van der Waals surface area contributed by atoms with Gasteiger partial charge in [0.2, 0.25) is 0 Å². The molecule has 0 saturated carbocycles. The normalized spacial score (nSPS) is 22.3. The third-order valence-electron chi connectivity index (χ3n) is 3.85. The SMILES string of the molecule is CCc1ccc2c3c1CCNCC3COC2.Cl. The minimum Gasteiger partial charge on any atom is -0.376 e. The fraction of sp³-hybridized carbons (Fsp3) is 0.571. The average molecular weight is 254 g/mol. The first-order chi connectivity index (χ1) is 7.90. The van der Waals surface area contributed by atoms with Crippen LogP contribution in [0.25, 0.3) is 0 Å². The molecular formula is C14H20ClNO. The molecule has 1 N–H and O–H groups in total. The lowest BCUT2D eigenvalue weighted by Crippen LogP contribution is -2.26. The van der Waals surface area contributed by atoms with E-state index in [9.17, 15) is 0 Å². The molecule has 1 aromatic rings. The predicted octanol–water partition coefficient (Wildman–Crippen LogP) is 2.43. The van der Waals surface area contributed by atoms with E-state index in [1.807, 2.05) is 0 Å². The molecule has 1 unspecified atom stereocenters. The minimum atomic E-state index is 0. The molecule has 0 spiro atoms. The summed E-state index contributed by atoms with van der Waals surface area (Å²) in [7, 11) is 0. The Morgan fingerprint density at radius 1 is 1.41 bits per heavy atom. The van der Waals surface area contributed by atoms with Gasteiger partial charge in [0.05, 0.1) is 13.2 Å². The van der Waals surface area contributed by atoms with Gasteiger partial charge in [-0.15, -0.1) is 12.4 Å². The van der Waals surface area contributed by atoms with Crippen molar-refractivity contribution in [1.29, 1.82) is 0 Å². The quantitative estimate of drug-likeness (QED) is 0.830. The molecule has 0 saturated heterocycles. The molecule has 0 bridgehead atoms. The van der Waals surface area contributed by atoms with Crippen LogP contribution < -0.4 is 5.32 Å². The van der Waals surface area contributed by atoms with Gasteiger partial charge < -0.3 is 10.1 Å². The smallest absolute Gasteiger partial charge is 0.0720 e. The third-order valence-corrected chi connectivity index (χ3v) is 3.85. The van der Waals surface area contributed by atoms with Gasteiger partial charge in [-0.1, -0.05) is 19.1 Å². The van der Waals surface area contributed by atoms with Crippen LogP contribution in [0.1, 0.15) is 35.1 Å². The molecule has 0 aliphatic carbocycles. The second-order valence-corrected chi connectivity index (χ2v) is 4.80. The van der Waals surface area contributed by atoms with Gasteiger partial charge in [0.1, 0.15) is 0 Å². The van der Waals surface area contributed by atoms with Gasteiger partial charge in [-0.05, 0) is 41.6 Å². The van der Waals surface area contributed by atoms with Crippen molar-refractivity contribution in [1.82, 2.24) is 5.32 Å². The number of halogens is 1. The van der Waals surface area contributed by atoms with E-state index in [0.717, 1.165) is 32.7 Å². The summed E-state index contributed by atoms with van der Waals surface area (Å²) in [5, 5.41) is 3.53. The Morgan fingerprint density at radius 2 is 2.29 bits per heavy atom. The van der Waals surface area contributed by atoms with E-state index in [-0.39, 0.29) is 12.4 Å². The fourth-order valence-corrected chi connectivity index (χ4v) is 3.06. The van der Waals surface area contributed by atoms with Crippen LogP contribution in [0.2, 0.25) is 0 Å². The first-order valence-corrected chi connectivity index (χ1v) is 6.32. The summed E-state index contributed by atoms with van der Waals surface area (Å²) in [6, 6.07) is 4.57. The Hall–Kier alpha value is -0.570. The van der Waals surface area contributed by atoms with E-state index < -0.39 is 0 Å². The summed E-state index contributed by atoms with van der Waals surface area (Å²) in [5.41, 5.74) is 6.18. The van der Waals surface area contributed by atoms with Gasteiger partial charge in [-0.2, -0.15) is 0 Å². The van der Waals surface area contributed by atoms with E-state index in [2.05, 4.69) is 24.4 Å². The molecule has 1 atom stereocenters. The molecule has 2 nitrogen and oxygen atoms in total.